The normalized spacial score (nSPS) is 11.1. The fourth-order valence-electron chi connectivity index (χ4n) is 1.39. The van der Waals surface area contributed by atoms with Gasteiger partial charge in [0.05, 0.1) is 12.8 Å². The quantitative estimate of drug-likeness (QED) is 0.424. The molecule has 0 atom stereocenters. The Kier molecular flexibility index (Phi) is 3.46. The van der Waals surface area contributed by atoms with Crippen molar-refractivity contribution in [2.75, 3.05) is 7.11 Å². The van der Waals surface area contributed by atoms with Gasteiger partial charge in [-0.05, 0) is 19.9 Å². The molecule has 0 saturated heterocycles. The Morgan fingerprint density at radius 1 is 1.56 bits per heavy atom. The van der Waals surface area contributed by atoms with Crippen LogP contribution < -0.4 is 0 Å². The van der Waals surface area contributed by atoms with E-state index in [2.05, 4.69) is 9.84 Å². The fraction of sp³-hybridized carbons (Fsp3) is 0.364. The van der Waals surface area contributed by atoms with E-state index in [9.17, 15) is 4.79 Å². The average molecular weight is 219 g/mol. The maximum Gasteiger partial charge on any atom is 0.348 e. The van der Waals surface area contributed by atoms with Gasteiger partial charge in [-0.15, -0.1) is 0 Å². The zero-order valence-electron chi connectivity index (χ0n) is 9.74. The maximum atomic E-state index is 11.2. The van der Waals surface area contributed by atoms with E-state index in [-0.39, 0.29) is 5.57 Å². The van der Waals surface area contributed by atoms with E-state index in [0.29, 0.717) is 0 Å². The van der Waals surface area contributed by atoms with E-state index in [1.165, 1.54) is 13.2 Å². The van der Waals surface area contributed by atoms with Crippen molar-refractivity contribution in [3.8, 4) is 6.07 Å². The molecule has 0 aliphatic carbocycles. The number of nitriles is 1. The molecule has 5 heteroatoms. The highest BCUT2D eigenvalue weighted by Gasteiger charge is 2.13. The molecular formula is C11H13N3O2. The first-order valence-electron chi connectivity index (χ1n) is 4.71. The summed E-state index contributed by atoms with van der Waals surface area (Å²) in [6.45, 7) is 3.70. The highest BCUT2D eigenvalue weighted by molar-refractivity contribution is 5.98. The van der Waals surface area contributed by atoms with Crippen molar-refractivity contribution in [2.45, 2.75) is 13.8 Å². The summed E-state index contributed by atoms with van der Waals surface area (Å²) in [6, 6.07) is 1.81. The monoisotopic (exact) mass is 219 g/mol. The average Bonchev–Trinajstić information content (AvgIpc) is 2.50. The molecule has 1 rings (SSSR count). The molecule has 0 aliphatic rings. The van der Waals surface area contributed by atoms with Gasteiger partial charge in [0.1, 0.15) is 11.6 Å². The van der Waals surface area contributed by atoms with Crippen LogP contribution in [0.15, 0.2) is 5.57 Å². The second-order valence-electron chi connectivity index (χ2n) is 3.37. The second kappa shape index (κ2) is 4.62. The summed E-state index contributed by atoms with van der Waals surface area (Å²) in [7, 11) is 3.06. The van der Waals surface area contributed by atoms with Gasteiger partial charge in [0, 0.05) is 18.3 Å². The number of hydrogen-bond donors (Lipinski definition) is 0. The summed E-state index contributed by atoms with van der Waals surface area (Å²) in [5.41, 5.74) is 2.43. The highest BCUT2D eigenvalue weighted by atomic mass is 16.5. The number of hydrogen-bond acceptors (Lipinski definition) is 4. The predicted octanol–water partition coefficient (Wildman–Crippen LogP) is 1.12. The minimum absolute atomic E-state index is 0.0262. The zero-order valence-corrected chi connectivity index (χ0v) is 9.74. The molecule has 0 aromatic carbocycles. The van der Waals surface area contributed by atoms with Gasteiger partial charge < -0.3 is 4.74 Å². The van der Waals surface area contributed by atoms with Crippen LogP contribution in [0.3, 0.4) is 0 Å². The topological polar surface area (TPSA) is 67.9 Å². The van der Waals surface area contributed by atoms with Crippen LogP contribution in [-0.2, 0) is 16.6 Å². The summed E-state index contributed by atoms with van der Waals surface area (Å²) in [5.74, 6) is -0.634. The van der Waals surface area contributed by atoms with Crippen molar-refractivity contribution in [3.05, 3.63) is 22.5 Å². The van der Waals surface area contributed by atoms with Gasteiger partial charge in [0.15, 0.2) is 0 Å². The number of rotatable bonds is 2. The maximum absolute atomic E-state index is 11.2. The number of carbonyl (C=O) groups is 1. The number of aromatic nitrogens is 2. The standard InChI is InChI=1S/C11H13N3O2/c1-7-10(8(2)14(3)13-7)5-9(6-12)11(15)16-4/h5H,1-4H3/b9-5-. The van der Waals surface area contributed by atoms with Crippen molar-refractivity contribution < 1.29 is 9.53 Å². The van der Waals surface area contributed by atoms with Crippen LogP contribution in [0.25, 0.3) is 6.08 Å². The molecule has 5 nitrogen and oxygen atoms in total. The molecule has 1 heterocycles. The molecule has 84 valence electrons. The number of carbonyl (C=O) groups excluding carboxylic acids is 1. The third-order valence-corrected chi connectivity index (χ3v) is 2.38. The summed E-state index contributed by atoms with van der Waals surface area (Å²) < 4.78 is 6.21. The Labute approximate surface area is 93.9 Å². The Morgan fingerprint density at radius 2 is 2.19 bits per heavy atom. The van der Waals surface area contributed by atoms with Gasteiger partial charge in [-0.3, -0.25) is 4.68 Å². The van der Waals surface area contributed by atoms with Crippen LogP contribution in [-0.4, -0.2) is 22.9 Å². The van der Waals surface area contributed by atoms with E-state index in [0.717, 1.165) is 17.0 Å². The molecule has 0 saturated carbocycles. The third kappa shape index (κ3) is 2.11. The van der Waals surface area contributed by atoms with E-state index in [1.54, 1.807) is 4.68 Å². The molecule has 0 aliphatic heterocycles. The summed E-state index contributed by atoms with van der Waals surface area (Å²) in [5, 5.41) is 13.0. The van der Waals surface area contributed by atoms with E-state index >= 15 is 0 Å². The molecule has 1 aromatic heterocycles. The van der Waals surface area contributed by atoms with Crippen molar-refractivity contribution in [1.29, 1.82) is 5.26 Å². The SMILES string of the molecule is COC(=O)/C(C#N)=C\c1c(C)nn(C)c1C. The lowest BCUT2D eigenvalue weighted by Gasteiger charge is -1.97. The first-order valence-corrected chi connectivity index (χ1v) is 4.71. The van der Waals surface area contributed by atoms with Gasteiger partial charge in [-0.25, -0.2) is 4.79 Å². The fourth-order valence-corrected chi connectivity index (χ4v) is 1.39. The van der Waals surface area contributed by atoms with Gasteiger partial charge in [-0.2, -0.15) is 10.4 Å². The molecule has 0 fully saturated rings. The molecule has 0 bridgehead atoms. The van der Waals surface area contributed by atoms with E-state index < -0.39 is 5.97 Å². The summed E-state index contributed by atoms with van der Waals surface area (Å²) >= 11 is 0. The van der Waals surface area contributed by atoms with Gasteiger partial charge in [-0.1, -0.05) is 0 Å². The van der Waals surface area contributed by atoms with Crippen LogP contribution in [0.1, 0.15) is 17.0 Å². The lowest BCUT2D eigenvalue weighted by molar-refractivity contribution is -0.135. The van der Waals surface area contributed by atoms with Crippen molar-refractivity contribution >= 4 is 12.0 Å². The van der Waals surface area contributed by atoms with Gasteiger partial charge in [0.25, 0.3) is 0 Å². The molecule has 0 radical (unpaired) electrons. The Balaban J connectivity index is 3.25. The molecule has 0 amide bonds. The first kappa shape index (κ1) is 12.0. The summed E-state index contributed by atoms with van der Waals surface area (Å²) in [6.07, 6.45) is 1.50. The Bertz CT molecular complexity index is 492. The number of esters is 1. The zero-order chi connectivity index (χ0) is 12.3. The number of methoxy groups -OCH3 is 1. The predicted molar refractivity (Wildman–Crippen MR) is 58.3 cm³/mol. The van der Waals surface area contributed by atoms with Crippen LogP contribution in [0, 0.1) is 25.2 Å². The Hall–Kier alpha value is -2.09. The number of nitrogens with zero attached hydrogens (tertiary/aromatic N) is 3. The lowest BCUT2D eigenvalue weighted by Crippen LogP contribution is -2.02. The molecule has 1 aromatic rings. The number of ether oxygens (including phenoxy) is 1. The summed E-state index contributed by atoms with van der Waals surface area (Å²) in [4.78, 5) is 11.2. The van der Waals surface area contributed by atoms with E-state index in [1.807, 2.05) is 27.0 Å². The first-order chi connectivity index (χ1) is 7.51. The molecule has 0 unspecified atom stereocenters. The van der Waals surface area contributed by atoms with Crippen LogP contribution >= 0.6 is 0 Å². The third-order valence-electron chi connectivity index (χ3n) is 2.38. The lowest BCUT2D eigenvalue weighted by atomic mass is 10.1. The Morgan fingerprint density at radius 3 is 2.56 bits per heavy atom. The number of aryl methyl sites for hydroxylation is 2. The van der Waals surface area contributed by atoms with Crippen LogP contribution in [0.2, 0.25) is 0 Å². The van der Waals surface area contributed by atoms with Gasteiger partial charge >= 0.3 is 5.97 Å². The minimum atomic E-state index is -0.634. The van der Waals surface area contributed by atoms with Crippen LogP contribution in [0.5, 0.6) is 0 Å². The van der Waals surface area contributed by atoms with Gasteiger partial charge in [0.2, 0.25) is 0 Å². The smallest absolute Gasteiger partial charge is 0.348 e. The van der Waals surface area contributed by atoms with Crippen LogP contribution in [0.4, 0.5) is 0 Å². The minimum Gasteiger partial charge on any atom is -0.465 e. The van der Waals surface area contributed by atoms with Crippen molar-refractivity contribution in [2.24, 2.45) is 7.05 Å². The highest BCUT2D eigenvalue weighted by Crippen LogP contribution is 2.16. The second-order valence-corrected chi connectivity index (χ2v) is 3.37. The van der Waals surface area contributed by atoms with E-state index in [4.69, 9.17) is 5.26 Å². The largest absolute Gasteiger partial charge is 0.465 e. The van der Waals surface area contributed by atoms with Crippen molar-refractivity contribution in [3.63, 3.8) is 0 Å². The van der Waals surface area contributed by atoms with Crippen molar-refractivity contribution in [1.82, 2.24) is 9.78 Å². The molecule has 0 N–H and O–H groups in total. The molecule has 16 heavy (non-hydrogen) atoms. The molecule has 0 spiro atoms. The molecular weight excluding hydrogens is 206 g/mol.